The van der Waals surface area contributed by atoms with Crippen LogP contribution in [0.15, 0.2) is 0 Å². The minimum atomic E-state index is -0.463. The van der Waals surface area contributed by atoms with Crippen LogP contribution in [-0.4, -0.2) is 68.8 Å². The second kappa shape index (κ2) is 9.45. The number of hydrogen-bond acceptors (Lipinski definition) is 5. The molecule has 0 saturated carbocycles. The molecule has 1 atom stereocenters. The molecule has 1 unspecified atom stereocenters. The third-order valence-electron chi connectivity index (χ3n) is 3.89. The Morgan fingerprint density at radius 1 is 1.17 bits per heavy atom. The Balaban J connectivity index is 2.31. The number of carbonyl (C=O) groups excluding carboxylic acids is 1. The summed E-state index contributed by atoms with van der Waals surface area (Å²) in [4.78, 5) is 13.9. The van der Waals surface area contributed by atoms with Gasteiger partial charge in [0.25, 0.3) is 0 Å². The second-order valence-electron chi connectivity index (χ2n) is 7.00. The van der Waals surface area contributed by atoms with Gasteiger partial charge >= 0.3 is 6.09 Å². The van der Waals surface area contributed by atoms with Crippen molar-refractivity contribution in [2.75, 3.05) is 46.6 Å². The number of likely N-dealkylation sites (tertiary alicyclic amines) is 1. The van der Waals surface area contributed by atoms with Crippen LogP contribution in [0.5, 0.6) is 0 Å². The van der Waals surface area contributed by atoms with E-state index in [1.54, 1.807) is 12.0 Å². The highest BCUT2D eigenvalue weighted by Crippen LogP contribution is 2.30. The monoisotopic (exact) mass is 331 g/mol. The summed E-state index contributed by atoms with van der Waals surface area (Å²) >= 11 is 0. The summed E-state index contributed by atoms with van der Waals surface area (Å²) in [6, 6.07) is 0. The van der Waals surface area contributed by atoms with E-state index in [2.05, 4.69) is 6.92 Å². The van der Waals surface area contributed by atoms with E-state index in [1.807, 2.05) is 20.8 Å². The van der Waals surface area contributed by atoms with Crippen molar-refractivity contribution >= 4 is 6.09 Å². The first-order chi connectivity index (χ1) is 10.8. The van der Waals surface area contributed by atoms with E-state index < -0.39 is 5.60 Å². The Bertz CT molecular complexity index is 355. The Kier molecular flexibility index (Phi) is 8.29. The largest absolute Gasteiger partial charge is 0.444 e. The smallest absolute Gasteiger partial charge is 0.410 e. The second-order valence-corrected chi connectivity index (χ2v) is 7.00. The molecule has 1 aliphatic rings. The van der Waals surface area contributed by atoms with Crippen molar-refractivity contribution in [2.24, 2.45) is 0 Å². The first-order valence-electron chi connectivity index (χ1n) is 8.50. The molecule has 1 rings (SSSR count). The van der Waals surface area contributed by atoms with E-state index in [0.717, 1.165) is 19.3 Å². The molecule has 1 saturated heterocycles. The number of nitrogens with zero attached hydrogens (tertiary/aromatic N) is 1. The average Bonchev–Trinajstić information content (AvgIpc) is 2.90. The SMILES string of the molecule is CCC1(OCCCOCCOC)CCN(C(=O)OC(C)(C)C)C1. The molecule has 6 nitrogen and oxygen atoms in total. The number of ether oxygens (including phenoxy) is 4. The highest BCUT2D eigenvalue weighted by molar-refractivity contribution is 5.68. The molecular formula is C17H33NO5. The van der Waals surface area contributed by atoms with Crippen LogP contribution in [0.3, 0.4) is 0 Å². The molecular weight excluding hydrogens is 298 g/mol. The molecule has 1 fully saturated rings. The summed E-state index contributed by atoms with van der Waals surface area (Å²) in [7, 11) is 1.66. The normalized spacial score (nSPS) is 21.7. The van der Waals surface area contributed by atoms with Crippen LogP contribution in [0, 0.1) is 0 Å². The van der Waals surface area contributed by atoms with Gasteiger partial charge in [0.05, 0.1) is 25.4 Å². The molecule has 0 N–H and O–H groups in total. The number of amides is 1. The van der Waals surface area contributed by atoms with Crippen LogP contribution in [0.4, 0.5) is 4.79 Å². The number of hydrogen-bond donors (Lipinski definition) is 0. The summed E-state index contributed by atoms with van der Waals surface area (Å²) in [6.07, 6.45) is 2.33. The Morgan fingerprint density at radius 2 is 1.91 bits per heavy atom. The number of rotatable bonds is 9. The Labute approximate surface area is 140 Å². The van der Waals surface area contributed by atoms with Gasteiger partial charge in [-0.05, 0) is 40.0 Å². The zero-order valence-electron chi connectivity index (χ0n) is 15.4. The molecule has 0 radical (unpaired) electrons. The van der Waals surface area contributed by atoms with Crippen LogP contribution in [-0.2, 0) is 18.9 Å². The Morgan fingerprint density at radius 3 is 2.52 bits per heavy atom. The summed E-state index contributed by atoms with van der Waals surface area (Å²) < 4.78 is 21.9. The van der Waals surface area contributed by atoms with Gasteiger partial charge in [0, 0.05) is 26.9 Å². The van der Waals surface area contributed by atoms with E-state index >= 15 is 0 Å². The molecule has 23 heavy (non-hydrogen) atoms. The first-order valence-corrected chi connectivity index (χ1v) is 8.50. The van der Waals surface area contributed by atoms with Crippen molar-refractivity contribution in [1.29, 1.82) is 0 Å². The molecule has 0 aromatic heterocycles. The fourth-order valence-electron chi connectivity index (χ4n) is 2.53. The fourth-order valence-corrected chi connectivity index (χ4v) is 2.53. The maximum Gasteiger partial charge on any atom is 0.410 e. The van der Waals surface area contributed by atoms with E-state index in [4.69, 9.17) is 18.9 Å². The van der Waals surface area contributed by atoms with Gasteiger partial charge in [-0.25, -0.2) is 4.79 Å². The maximum atomic E-state index is 12.2. The number of carbonyl (C=O) groups is 1. The molecule has 6 heteroatoms. The van der Waals surface area contributed by atoms with Gasteiger partial charge in [-0.3, -0.25) is 0 Å². The predicted octanol–water partition coefficient (Wildman–Crippen LogP) is 2.85. The first kappa shape index (κ1) is 20.2. The topological polar surface area (TPSA) is 57.2 Å². The van der Waals surface area contributed by atoms with Gasteiger partial charge in [-0.15, -0.1) is 0 Å². The lowest BCUT2D eigenvalue weighted by Crippen LogP contribution is -2.40. The lowest BCUT2D eigenvalue weighted by atomic mass is 10.00. The minimum Gasteiger partial charge on any atom is -0.444 e. The number of methoxy groups -OCH3 is 1. The van der Waals surface area contributed by atoms with Gasteiger partial charge in [0.1, 0.15) is 5.60 Å². The van der Waals surface area contributed by atoms with Crippen molar-refractivity contribution < 1.29 is 23.7 Å². The predicted molar refractivity (Wildman–Crippen MR) is 88.7 cm³/mol. The highest BCUT2D eigenvalue weighted by Gasteiger charge is 2.40. The van der Waals surface area contributed by atoms with E-state index in [0.29, 0.717) is 39.5 Å². The van der Waals surface area contributed by atoms with Gasteiger partial charge in [-0.1, -0.05) is 6.92 Å². The lowest BCUT2D eigenvalue weighted by Gasteiger charge is -2.29. The standard InChI is InChI=1S/C17H33NO5/c1-6-17(22-11-7-10-21-13-12-20-5)8-9-18(14-17)15(19)23-16(2,3)4/h6-14H2,1-5H3. The minimum absolute atomic E-state index is 0.247. The van der Waals surface area contributed by atoms with Gasteiger partial charge in [0.2, 0.25) is 0 Å². The summed E-state index contributed by atoms with van der Waals surface area (Å²) in [5.41, 5.74) is -0.710. The molecule has 0 aliphatic carbocycles. The van der Waals surface area contributed by atoms with Crippen molar-refractivity contribution in [3.8, 4) is 0 Å². The van der Waals surface area contributed by atoms with Crippen LogP contribution in [0.1, 0.15) is 47.0 Å². The molecule has 1 aliphatic heterocycles. The molecule has 1 amide bonds. The zero-order chi connectivity index (χ0) is 17.3. The van der Waals surface area contributed by atoms with E-state index in [-0.39, 0.29) is 11.7 Å². The highest BCUT2D eigenvalue weighted by atomic mass is 16.6. The molecule has 136 valence electrons. The molecule has 1 heterocycles. The van der Waals surface area contributed by atoms with E-state index in [9.17, 15) is 4.79 Å². The van der Waals surface area contributed by atoms with Gasteiger partial charge < -0.3 is 23.8 Å². The van der Waals surface area contributed by atoms with Crippen molar-refractivity contribution in [1.82, 2.24) is 4.90 Å². The quantitative estimate of drug-likeness (QED) is 0.608. The lowest BCUT2D eigenvalue weighted by molar-refractivity contribution is -0.0503. The van der Waals surface area contributed by atoms with Crippen LogP contribution in [0.25, 0.3) is 0 Å². The van der Waals surface area contributed by atoms with Gasteiger partial charge in [-0.2, -0.15) is 0 Å². The third kappa shape index (κ3) is 7.50. The summed E-state index contributed by atoms with van der Waals surface area (Å²) in [5.74, 6) is 0. The average molecular weight is 331 g/mol. The zero-order valence-corrected chi connectivity index (χ0v) is 15.4. The van der Waals surface area contributed by atoms with Crippen molar-refractivity contribution in [3.05, 3.63) is 0 Å². The van der Waals surface area contributed by atoms with Crippen LogP contribution < -0.4 is 0 Å². The molecule has 0 aromatic carbocycles. The van der Waals surface area contributed by atoms with Crippen LogP contribution >= 0.6 is 0 Å². The fraction of sp³-hybridized carbons (Fsp3) is 0.941. The van der Waals surface area contributed by atoms with Crippen LogP contribution in [0.2, 0.25) is 0 Å². The molecule has 0 spiro atoms. The molecule has 0 aromatic rings. The summed E-state index contributed by atoms with van der Waals surface area (Å²) in [5, 5.41) is 0. The Hall–Kier alpha value is -0.850. The van der Waals surface area contributed by atoms with Crippen molar-refractivity contribution in [2.45, 2.75) is 58.2 Å². The van der Waals surface area contributed by atoms with E-state index in [1.165, 1.54) is 0 Å². The van der Waals surface area contributed by atoms with Gasteiger partial charge in [0.15, 0.2) is 0 Å². The third-order valence-corrected chi connectivity index (χ3v) is 3.89. The maximum absolute atomic E-state index is 12.2. The summed E-state index contributed by atoms with van der Waals surface area (Å²) in [6.45, 7) is 11.6. The molecule has 0 bridgehead atoms. The van der Waals surface area contributed by atoms with Crippen molar-refractivity contribution in [3.63, 3.8) is 0 Å².